The van der Waals surface area contributed by atoms with E-state index in [1.54, 1.807) is 0 Å². The van der Waals surface area contributed by atoms with E-state index in [9.17, 15) is 0 Å². The molecule has 4 rings (SSSR count). The SMILES string of the molecule is C[C@H](N)c1ccc(OCC23CCC(CC2)CC3)cn1. The fourth-order valence-corrected chi connectivity index (χ4v) is 3.54. The number of aromatic nitrogens is 1. The summed E-state index contributed by atoms with van der Waals surface area (Å²) in [5.74, 6) is 1.89. The van der Waals surface area contributed by atoms with Crippen LogP contribution in [0, 0.1) is 11.3 Å². The van der Waals surface area contributed by atoms with Crippen molar-refractivity contribution in [3.63, 3.8) is 0 Å². The third kappa shape index (κ3) is 2.76. The number of rotatable bonds is 4. The van der Waals surface area contributed by atoms with Gasteiger partial charge in [-0.3, -0.25) is 4.98 Å². The van der Waals surface area contributed by atoms with Crippen molar-refractivity contribution in [1.29, 1.82) is 0 Å². The fraction of sp³-hybridized carbons (Fsp3) is 0.688. The van der Waals surface area contributed by atoms with Crippen LogP contribution in [0.5, 0.6) is 5.75 Å². The summed E-state index contributed by atoms with van der Waals surface area (Å²) in [5, 5.41) is 0. The maximum absolute atomic E-state index is 6.00. The molecular weight excluding hydrogens is 236 g/mol. The first-order valence-corrected chi connectivity index (χ1v) is 7.51. The van der Waals surface area contributed by atoms with Crippen molar-refractivity contribution in [3.8, 4) is 5.75 Å². The molecule has 0 saturated heterocycles. The van der Waals surface area contributed by atoms with Gasteiger partial charge in [0.1, 0.15) is 5.75 Å². The number of pyridine rings is 1. The van der Waals surface area contributed by atoms with Gasteiger partial charge in [0.05, 0.1) is 18.5 Å². The maximum Gasteiger partial charge on any atom is 0.137 e. The van der Waals surface area contributed by atoms with Gasteiger partial charge in [-0.2, -0.15) is 0 Å². The summed E-state index contributed by atoms with van der Waals surface area (Å²) in [6.07, 6.45) is 10.1. The average Bonchev–Trinajstić information content (AvgIpc) is 2.48. The molecule has 1 atom stereocenters. The molecule has 0 aromatic carbocycles. The van der Waals surface area contributed by atoms with Gasteiger partial charge in [0.25, 0.3) is 0 Å². The third-order valence-corrected chi connectivity index (χ3v) is 5.02. The first-order valence-electron chi connectivity index (χ1n) is 7.51. The number of hydrogen-bond acceptors (Lipinski definition) is 3. The first kappa shape index (κ1) is 12.9. The highest BCUT2D eigenvalue weighted by molar-refractivity contribution is 5.21. The van der Waals surface area contributed by atoms with Crippen molar-refractivity contribution in [3.05, 3.63) is 24.0 Å². The lowest BCUT2D eigenvalue weighted by atomic mass is 9.61. The van der Waals surface area contributed by atoms with Crippen molar-refractivity contribution in [1.82, 2.24) is 4.98 Å². The second-order valence-electron chi connectivity index (χ2n) is 6.48. The predicted octanol–water partition coefficient (Wildman–Crippen LogP) is 3.45. The van der Waals surface area contributed by atoms with Crippen molar-refractivity contribution >= 4 is 0 Å². The molecule has 3 nitrogen and oxygen atoms in total. The van der Waals surface area contributed by atoms with Crippen LogP contribution in [0.1, 0.15) is 57.2 Å². The zero-order valence-corrected chi connectivity index (χ0v) is 11.8. The lowest BCUT2D eigenvalue weighted by Crippen LogP contribution is -2.38. The zero-order valence-electron chi connectivity index (χ0n) is 11.8. The van der Waals surface area contributed by atoms with Crippen molar-refractivity contribution < 1.29 is 4.74 Å². The molecule has 0 radical (unpaired) electrons. The molecule has 0 spiro atoms. The minimum Gasteiger partial charge on any atom is -0.491 e. The molecule has 0 unspecified atom stereocenters. The van der Waals surface area contributed by atoms with Gasteiger partial charge in [0, 0.05) is 11.5 Å². The van der Waals surface area contributed by atoms with Crippen LogP contribution in [0.4, 0.5) is 0 Å². The van der Waals surface area contributed by atoms with E-state index in [0.717, 1.165) is 24.0 Å². The molecule has 0 aliphatic heterocycles. The minimum absolute atomic E-state index is 0.0127. The quantitative estimate of drug-likeness (QED) is 0.902. The summed E-state index contributed by atoms with van der Waals surface area (Å²) >= 11 is 0. The van der Waals surface area contributed by atoms with Gasteiger partial charge in [-0.05, 0) is 63.5 Å². The van der Waals surface area contributed by atoms with Gasteiger partial charge in [-0.25, -0.2) is 0 Å². The van der Waals surface area contributed by atoms with Crippen LogP contribution in [-0.2, 0) is 0 Å². The van der Waals surface area contributed by atoms with E-state index in [4.69, 9.17) is 10.5 Å². The van der Waals surface area contributed by atoms with Gasteiger partial charge >= 0.3 is 0 Å². The molecule has 19 heavy (non-hydrogen) atoms. The number of ether oxygens (including phenoxy) is 1. The molecule has 104 valence electrons. The smallest absolute Gasteiger partial charge is 0.137 e. The number of fused-ring (bicyclic) bond motifs is 3. The van der Waals surface area contributed by atoms with Crippen LogP contribution in [-0.4, -0.2) is 11.6 Å². The maximum atomic E-state index is 6.00. The fourth-order valence-electron chi connectivity index (χ4n) is 3.54. The molecule has 1 aromatic rings. The van der Waals surface area contributed by atoms with Crippen molar-refractivity contribution in [2.45, 2.75) is 51.5 Å². The Hall–Kier alpha value is -1.09. The van der Waals surface area contributed by atoms with Gasteiger partial charge in [-0.15, -0.1) is 0 Å². The molecule has 3 heteroatoms. The van der Waals surface area contributed by atoms with Crippen LogP contribution < -0.4 is 10.5 Å². The summed E-state index contributed by atoms with van der Waals surface area (Å²) in [6.45, 7) is 2.81. The Labute approximate surface area is 115 Å². The number of hydrogen-bond donors (Lipinski definition) is 1. The Morgan fingerprint density at radius 3 is 2.53 bits per heavy atom. The van der Waals surface area contributed by atoms with Crippen LogP contribution in [0.3, 0.4) is 0 Å². The highest BCUT2D eigenvalue weighted by Crippen LogP contribution is 2.50. The standard InChI is InChI=1S/C16H24N2O/c1-12(17)15-3-2-14(10-18-15)19-11-16-7-4-13(5-8-16)6-9-16/h2-3,10,12-13H,4-9,11,17H2,1H3/t12-,13?,16?/m0/s1. The van der Waals surface area contributed by atoms with Gasteiger partial charge < -0.3 is 10.5 Å². The Morgan fingerprint density at radius 1 is 1.32 bits per heavy atom. The average molecular weight is 260 g/mol. The molecular formula is C16H24N2O. The molecule has 1 heterocycles. The zero-order chi connectivity index (χ0) is 13.3. The summed E-state index contributed by atoms with van der Waals surface area (Å²) < 4.78 is 6.00. The first-order chi connectivity index (χ1) is 9.17. The largest absolute Gasteiger partial charge is 0.491 e. The second-order valence-corrected chi connectivity index (χ2v) is 6.48. The van der Waals surface area contributed by atoms with E-state index in [0.29, 0.717) is 5.41 Å². The highest BCUT2D eigenvalue weighted by atomic mass is 16.5. The topological polar surface area (TPSA) is 48.1 Å². The molecule has 2 N–H and O–H groups in total. The predicted molar refractivity (Wildman–Crippen MR) is 76.0 cm³/mol. The molecule has 3 saturated carbocycles. The Kier molecular flexibility index (Phi) is 3.48. The summed E-state index contributed by atoms with van der Waals surface area (Å²) in [4.78, 5) is 4.35. The van der Waals surface area contributed by atoms with Gasteiger partial charge in [0.15, 0.2) is 0 Å². The van der Waals surface area contributed by atoms with Crippen molar-refractivity contribution in [2.75, 3.05) is 6.61 Å². The molecule has 3 fully saturated rings. The lowest BCUT2D eigenvalue weighted by Gasteiger charge is -2.46. The van der Waals surface area contributed by atoms with Crippen LogP contribution in [0.2, 0.25) is 0 Å². The summed E-state index contributed by atoms with van der Waals surface area (Å²) in [7, 11) is 0. The lowest BCUT2D eigenvalue weighted by molar-refractivity contribution is 0.0190. The van der Waals surface area contributed by atoms with Gasteiger partial charge in [0.2, 0.25) is 0 Å². The Morgan fingerprint density at radius 2 is 2.00 bits per heavy atom. The minimum atomic E-state index is -0.0127. The van der Waals surface area contributed by atoms with Gasteiger partial charge in [-0.1, -0.05) is 0 Å². The van der Waals surface area contributed by atoms with E-state index < -0.39 is 0 Å². The van der Waals surface area contributed by atoms with E-state index in [2.05, 4.69) is 4.98 Å². The van der Waals surface area contributed by atoms with Crippen molar-refractivity contribution in [2.24, 2.45) is 17.1 Å². The number of nitrogens with zero attached hydrogens (tertiary/aromatic N) is 1. The molecule has 1 aromatic heterocycles. The molecule has 2 bridgehead atoms. The van der Waals surface area contributed by atoms with Crippen LogP contribution in [0.15, 0.2) is 18.3 Å². The normalized spacial score (nSPS) is 31.2. The monoisotopic (exact) mass is 260 g/mol. The second kappa shape index (κ2) is 5.12. The third-order valence-electron chi connectivity index (χ3n) is 5.02. The number of nitrogens with two attached hydrogens (primary N) is 1. The van der Waals surface area contributed by atoms with Crippen LogP contribution >= 0.6 is 0 Å². The highest BCUT2D eigenvalue weighted by Gasteiger charge is 2.40. The summed E-state index contributed by atoms with van der Waals surface area (Å²) in [6, 6.07) is 3.95. The Bertz CT molecular complexity index is 405. The van der Waals surface area contributed by atoms with E-state index in [-0.39, 0.29) is 6.04 Å². The Balaban J connectivity index is 1.59. The molecule has 3 aliphatic carbocycles. The van der Waals surface area contributed by atoms with E-state index in [1.165, 1.54) is 38.5 Å². The van der Waals surface area contributed by atoms with Crippen LogP contribution in [0.25, 0.3) is 0 Å². The molecule has 3 aliphatic rings. The van der Waals surface area contributed by atoms with E-state index >= 15 is 0 Å². The molecule has 0 amide bonds. The summed E-state index contributed by atoms with van der Waals surface area (Å²) in [5.41, 5.74) is 7.17. The van der Waals surface area contributed by atoms with E-state index in [1.807, 2.05) is 25.3 Å².